The van der Waals surface area contributed by atoms with Crippen molar-refractivity contribution in [2.75, 3.05) is 18.5 Å². The minimum Gasteiger partial charge on any atom is -0.484 e. The monoisotopic (exact) mass is 289 g/mol. The van der Waals surface area contributed by atoms with Gasteiger partial charge in [-0.3, -0.25) is 0 Å². The highest BCUT2D eigenvalue weighted by molar-refractivity contribution is 5.47. The van der Waals surface area contributed by atoms with Crippen LogP contribution >= 0.6 is 0 Å². The van der Waals surface area contributed by atoms with Gasteiger partial charge in [0, 0.05) is 18.3 Å². The quantitative estimate of drug-likeness (QED) is 0.918. The van der Waals surface area contributed by atoms with E-state index in [0.29, 0.717) is 6.04 Å². The molecule has 1 heterocycles. The third-order valence-electron chi connectivity index (χ3n) is 3.11. The van der Waals surface area contributed by atoms with Crippen molar-refractivity contribution >= 4 is 5.69 Å². The van der Waals surface area contributed by atoms with Gasteiger partial charge in [0.25, 0.3) is 0 Å². The third kappa shape index (κ3) is 4.92. The average Bonchev–Trinajstić information content (AvgIpc) is 2.37. The van der Waals surface area contributed by atoms with E-state index in [9.17, 15) is 13.2 Å². The molecule has 0 spiro atoms. The summed E-state index contributed by atoms with van der Waals surface area (Å²) in [5.41, 5.74) is 0.878. The predicted octanol–water partition coefficient (Wildman–Crippen LogP) is 3.61. The van der Waals surface area contributed by atoms with Crippen molar-refractivity contribution in [2.45, 2.75) is 38.1 Å². The van der Waals surface area contributed by atoms with Crippen LogP contribution in [-0.4, -0.2) is 31.5 Å². The second kappa shape index (κ2) is 6.35. The molecule has 0 aromatic heterocycles. The number of hydrogen-bond acceptors (Lipinski definition) is 3. The molecule has 1 saturated heterocycles. The molecular weight excluding hydrogens is 271 g/mol. The van der Waals surface area contributed by atoms with Crippen LogP contribution in [0.15, 0.2) is 24.3 Å². The summed E-state index contributed by atoms with van der Waals surface area (Å²) in [5, 5.41) is 3.35. The first-order valence-electron chi connectivity index (χ1n) is 6.60. The maximum atomic E-state index is 12.0. The summed E-state index contributed by atoms with van der Waals surface area (Å²) in [4.78, 5) is 0. The Morgan fingerprint density at radius 1 is 1.30 bits per heavy atom. The average molecular weight is 289 g/mol. The Bertz CT molecular complexity index is 419. The van der Waals surface area contributed by atoms with E-state index in [4.69, 9.17) is 4.74 Å². The van der Waals surface area contributed by atoms with Gasteiger partial charge >= 0.3 is 6.18 Å². The molecule has 1 fully saturated rings. The molecule has 20 heavy (non-hydrogen) atoms. The Hall–Kier alpha value is -1.43. The highest BCUT2D eigenvalue weighted by Gasteiger charge is 2.28. The van der Waals surface area contributed by atoms with Crippen molar-refractivity contribution in [1.82, 2.24) is 0 Å². The normalized spacial score (nSPS) is 23.4. The Morgan fingerprint density at radius 2 is 2.00 bits per heavy atom. The number of benzene rings is 1. The molecule has 2 unspecified atom stereocenters. The molecule has 3 nitrogen and oxygen atoms in total. The van der Waals surface area contributed by atoms with Crippen molar-refractivity contribution in [3.05, 3.63) is 24.3 Å². The van der Waals surface area contributed by atoms with Crippen LogP contribution in [0.1, 0.15) is 19.8 Å². The van der Waals surface area contributed by atoms with Crippen molar-refractivity contribution < 1.29 is 22.6 Å². The number of rotatable bonds is 4. The molecule has 0 aliphatic carbocycles. The van der Waals surface area contributed by atoms with E-state index in [2.05, 4.69) is 10.1 Å². The third-order valence-corrected chi connectivity index (χ3v) is 3.11. The fraction of sp³-hybridized carbons (Fsp3) is 0.571. The summed E-state index contributed by atoms with van der Waals surface area (Å²) < 4.78 is 46.2. The minimum absolute atomic E-state index is 0.216. The lowest BCUT2D eigenvalue weighted by Crippen LogP contribution is -2.32. The molecule has 6 heteroatoms. The number of anilines is 1. The van der Waals surface area contributed by atoms with E-state index < -0.39 is 12.8 Å². The molecule has 0 bridgehead atoms. The van der Waals surface area contributed by atoms with Gasteiger partial charge in [-0.1, -0.05) is 0 Å². The molecule has 112 valence electrons. The van der Waals surface area contributed by atoms with Crippen molar-refractivity contribution in [1.29, 1.82) is 0 Å². The fourth-order valence-corrected chi connectivity index (χ4v) is 2.18. The smallest absolute Gasteiger partial charge is 0.422 e. The molecule has 1 N–H and O–H groups in total. The fourth-order valence-electron chi connectivity index (χ4n) is 2.18. The molecule has 2 rings (SSSR count). The standard InChI is InChI=1S/C14H18F3NO2/c1-10-8-12(6-7-19-10)18-11-2-4-13(5-3-11)20-9-14(15,16)17/h2-5,10,12,18H,6-9H2,1H3. The summed E-state index contributed by atoms with van der Waals surface area (Å²) >= 11 is 0. The summed E-state index contributed by atoms with van der Waals surface area (Å²) in [6, 6.07) is 6.87. The second-order valence-corrected chi connectivity index (χ2v) is 4.98. The highest BCUT2D eigenvalue weighted by Crippen LogP contribution is 2.22. The molecule has 1 aliphatic heterocycles. The van der Waals surface area contributed by atoms with Gasteiger partial charge in [0.15, 0.2) is 6.61 Å². The van der Waals surface area contributed by atoms with Crippen LogP contribution in [0.4, 0.5) is 18.9 Å². The molecule has 0 amide bonds. The summed E-state index contributed by atoms with van der Waals surface area (Å²) in [7, 11) is 0. The lowest BCUT2D eigenvalue weighted by molar-refractivity contribution is -0.153. The lowest BCUT2D eigenvalue weighted by atomic mass is 10.0. The van der Waals surface area contributed by atoms with Crippen LogP contribution in [0.3, 0.4) is 0 Å². The van der Waals surface area contributed by atoms with E-state index >= 15 is 0 Å². The van der Waals surface area contributed by atoms with Crippen molar-refractivity contribution in [3.8, 4) is 5.75 Å². The zero-order chi connectivity index (χ0) is 14.6. The SMILES string of the molecule is CC1CC(Nc2ccc(OCC(F)(F)F)cc2)CCO1. The van der Waals surface area contributed by atoms with Crippen LogP contribution in [0.2, 0.25) is 0 Å². The van der Waals surface area contributed by atoms with Crippen LogP contribution < -0.4 is 10.1 Å². The van der Waals surface area contributed by atoms with E-state index in [1.807, 2.05) is 6.92 Å². The van der Waals surface area contributed by atoms with Crippen LogP contribution in [0.5, 0.6) is 5.75 Å². The van der Waals surface area contributed by atoms with Crippen molar-refractivity contribution in [3.63, 3.8) is 0 Å². The molecule has 2 atom stereocenters. The van der Waals surface area contributed by atoms with Gasteiger partial charge < -0.3 is 14.8 Å². The van der Waals surface area contributed by atoms with E-state index in [-0.39, 0.29) is 11.9 Å². The summed E-state index contributed by atoms with van der Waals surface area (Å²) in [6.45, 7) is 1.49. The molecular formula is C14H18F3NO2. The van der Waals surface area contributed by atoms with Gasteiger partial charge in [0.05, 0.1) is 6.10 Å². The molecule has 1 aromatic carbocycles. The lowest BCUT2D eigenvalue weighted by Gasteiger charge is -2.28. The molecule has 0 radical (unpaired) electrons. The van der Waals surface area contributed by atoms with Gasteiger partial charge in [-0.2, -0.15) is 13.2 Å². The van der Waals surface area contributed by atoms with Crippen LogP contribution in [-0.2, 0) is 4.74 Å². The number of halogens is 3. The minimum atomic E-state index is -4.31. The van der Waals surface area contributed by atoms with Crippen LogP contribution in [0.25, 0.3) is 0 Å². The number of alkyl halides is 3. The molecule has 1 aromatic rings. The van der Waals surface area contributed by atoms with Gasteiger partial charge in [-0.15, -0.1) is 0 Å². The summed E-state index contributed by atoms with van der Waals surface area (Å²) in [6.07, 6.45) is -2.23. The van der Waals surface area contributed by atoms with Crippen LogP contribution in [0, 0.1) is 0 Å². The van der Waals surface area contributed by atoms with Gasteiger partial charge in [-0.25, -0.2) is 0 Å². The van der Waals surface area contributed by atoms with E-state index in [1.54, 1.807) is 12.1 Å². The number of ether oxygens (including phenoxy) is 2. The second-order valence-electron chi connectivity index (χ2n) is 4.98. The first-order chi connectivity index (χ1) is 9.42. The zero-order valence-corrected chi connectivity index (χ0v) is 11.2. The maximum absolute atomic E-state index is 12.0. The Balaban J connectivity index is 1.85. The summed E-state index contributed by atoms with van der Waals surface area (Å²) in [5.74, 6) is 0.216. The molecule has 0 saturated carbocycles. The maximum Gasteiger partial charge on any atom is 0.422 e. The first-order valence-corrected chi connectivity index (χ1v) is 6.60. The van der Waals surface area contributed by atoms with E-state index in [1.165, 1.54) is 12.1 Å². The highest BCUT2D eigenvalue weighted by atomic mass is 19.4. The van der Waals surface area contributed by atoms with Crippen molar-refractivity contribution in [2.24, 2.45) is 0 Å². The Labute approximate surface area is 116 Å². The Morgan fingerprint density at radius 3 is 2.60 bits per heavy atom. The number of hydrogen-bond donors (Lipinski definition) is 1. The topological polar surface area (TPSA) is 30.5 Å². The van der Waals surface area contributed by atoms with Gasteiger partial charge in [0.2, 0.25) is 0 Å². The zero-order valence-electron chi connectivity index (χ0n) is 11.2. The Kier molecular flexibility index (Phi) is 4.75. The molecule has 1 aliphatic rings. The predicted molar refractivity (Wildman–Crippen MR) is 70.1 cm³/mol. The van der Waals surface area contributed by atoms with E-state index in [0.717, 1.165) is 25.1 Å². The largest absolute Gasteiger partial charge is 0.484 e. The van der Waals surface area contributed by atoms with Gasteiger partial charge in [0.1, 0.15) is 5.75 Å². The van der Waals surface area contributed by atoms with Gasteiger partial charge in [-0.05, 0) is 44.0 Å². The first kappa shape index (κ1) is 15.0. The number of nitrogens with one attached hydrogen (secondary N) is 1.